The summed E-state index contributed by atoms with van der Waals surface area (Å²) in [6.45, 7) is 0. The van der Waals surface area contributed by atoms with Crippen LogP contribution in [0.25, 0.3) is 6.08 Å². The third-order valence-corrected chi connectivity index (χ3v) is 4.45. The molecule has 0 atom stereocenters. The molecule has 22 heavy (non-hydrogen) atoms. The van der Waals surface area contributed by atoms with Crippen LogP contribution < -0.4 is 5.32 Å². The molecule has 0 saturated heterocycles. The lowest BCUT2D eigenvalue weighted by atomic mass is 10.3. The van der Waals surface area contributed by atoms with Crippen molar-refractivity contribution in [2.45, 2.75) is 11.1 Å². The van der Waals surface area contributed by atoms with Crippen molar-refractivity contribution in [1.29, 1.82) is 0 Å². The van der Waals surface area contributed by atoms with Gasteiger partial charge in [-0.3, -0.25) is 4.79 Å². The van der Waals surface area contributed by atoms with E-state index in [0.29, 0.717) is 22.3 Å². The van der Waals surface area contributed by atoms with Crippen LogP contribution >= 0.6 is 23.1 Å². The van der Waals surface area contributed by atoms with E-state index in [0.717, 1.165) is 4.88 Å². The summed E-state index contributed by atoms with van der Waals surface area (Å²) in [4.78, 5) is 13.1. The first-order valence-electron chi connectivity index (χ1n) is 6.25. The van der Waals surface area contributed by atoms with Gasteiger partial charge < -0.3 is 5.32 Å². The van der Waals surface area contributed by atoms with Crippen molar-refractivity contribution >= 4 is 40.8 Å². The average Bonchev–Trinajstić information content (AvgIpc) is 2.97. The number of carbonyl (C=O) groups is 1. The highest BCUT2D eigenvalue weighted by Crippen LogP contribution is 2.32. The number of amides is 1. The molecule has 116 valence electrons. The summed E-state index contributed by atoms with van der Waals surface area (Å²) in [6, 6.07) is 10.2. The minimum Gasteiger partial charge on any atom is -0.321 e. The maximum absolute atomic E-state index is 12.3. The third-order valence-electron chi connectivity index (χ3n) is 2.48. The molecule has 2 nitrogen and oxygen atoms in total. The Morgan fingerprint density at radius 3 is 2.68 bits per heavy atom. The minimum atomic E-state index is -4.25. The Labute approximate surface area is 134 Å². The number of thioether (sulfide) groups is 1. The Morgan fingerprint density at radius 1 is 1.23 bits per heavy atom. The van der Waals surface area contributed by atoms with E-state index in [-0.39, 0.29) is 5.91 Å². The lowest BCUT2D eigenvalue weighted by molar-refractivity contribution is -0.111. The van der Waals surface area contributed by atoms with E-state index in [9.17, 15) is 18.0 Å². The van der Waals surface area contributed by atoms with Crippen LogP contribution in [0, 0.1) is 0 Å². The number of para-hydroxylation sites is 1. The van der Waals surface area contributed by atoms with E-state index in [1.807, 2.05) is 17.5 Å². The predicted molar refractivity (Wildman–Crippen MR) is 85.2 cm³/mol. The summed E-state index contributed by atoms with van der Waals surface area (Å²) in [5.41, 5.74) is 0.373. The standard InChI is InChI=1S/C15H12F3NOS2/c16-15(17,18)10-22-13-6-2-1-5-12(13)19-14(20)8-7-11-4-3-9-21-11/h1-9H,10H2,(H,19,20). The van der Waals surface area contributed by atoms with Gasteiger partial charge in [0.05, 0.1) is 11.4 Å². The predicted octanol–water partition coefficient (Wildman–Crippen LogP) is 5.05. The first-order chi connectivity index (χ1) is 10.4. The Balaban J connectivity index is 2.01. The molecule has 0 radical (unpaired) electrons. The van der Waals surface area contributed by atoms with Crippen molar-refractivity contribution in [3.63, 3.8) is 0 Å². The van der Waals surface area contributed by atoms with E-state index in [1.54, 1.807) is 30.3 Å². The van der Waals surface area contributed by atoms with Gasteiger partial charge in [-0.15, -0.1) is 23.1 Å². The van der Waals surface area contributed by atoms with Crippen molar-refractivity contribution in [1.82, 2.24) is 0 Å². The van der Waals surface area contributed by atoms with Crippen molar-refractivity contribution in [3.05, 3.63) is 52.7 Å². The molecule has 7 heteroatoms. The van der Waals surface area contributed by atoms with Crippen LogP contribution in [-0.2, 0) is 4.79 Å². The number of hydrogen-bond acceptors (Lipinski definition) is 3. The van der Waals surface area contributed by atoms with E-state index >= 15 is 0 Å². The number of rotatable bonds is 5. The summed E-state index contributed by atoms with van der Waals surface area (Å²) in [5, 5.41) is 4.49. The Morgan fingerprint density at radius 2 is 2.00 bits per heavy atom. The van der Waals surface area contributed by atoms with E-state index in [1.165, 1.54) is 17.4 Å². The normalized spacial score (nSPS) is 11.8. The summed E-state index contributed by atoms with van der Waals surface area (Å²) in [6.07, 6.45) is -1.23. The number of nitrogens with one attached hydrogen (secondary N) is 1. The van der Waals surface area contributed by atoms with Gasteiger partial charge in [-0.25, -0.2) is 0 Å². The average molecular weight is 343 g/mol. The molecule has 0 saturated carbocycles. The molecular formula is C15H12F3NOS2. The number of benzene rings is 1. The second-order valence-corrected chi connectivity index (χ2v) is 6.23. The molecule has 1 heterocycles. The minimum absolute atomic E-state index is 0.373. The summed E-state index contributed by atoms with van der Waals surface area (Å²) in [5.74, 6) is -1.38. The number of thiophene rings is 1. The number of anilines is 1. The third kappa shape index (κ3) is 5.57. The van der Waals surface area contributed by atoms with E-state index in [2.05, 4.69) is 5.32 Å². The first kappa shape index (κ1) is 16.6. The van der Waals surface area contributed by atoms with Crippen LogP contribution in [0.1, 0.15) is 4.88 Å². The largest absolute Gasteiger partial charge is 0.398 e. The van der Waals surface area contributed by atoms with Gasteiger partial charge in [0.2, 0.25) is 5.91 Å². The van der Waals surface area contributed by atoms with Crippen LogP contribution in [0.2, 0.25) is 0 Å². The zero-order valence-corrected chi connectivity index (χ0v) is 12.9. The molecule has 2 rings (SSSR count). The number of alkyl halides is 3. The van der Waals surface area contributed by atoms with Gasteiger partial charge in [0.25, 0.3) is 0 Å². The van der Waals surface area contributed by atoms with Crippen LogP contribution in [0.15, 0.2) is 52.7 Å². The summed E-state index contributed by atoms with van der Waals surface area (Å²) >= 11 is 2.14. The Hall–Kier alpha value is -1.73. The monoisotopic (exact) mass is 343 g/mol. The molecule has 0 fully saturated rings. The molecule has 1 aromatic heterocycles. The zero-order chi connectivity index (χ0) is 16.0. The van der Waals surface area contributed by atoms with Crippen molar-refractivity contribution in [3.8, 4) is 0 Å². The maximum atomic E-state index is 12.3. The van der Waals surface area contributed by atoms with Gasteiger partial charge in [-0.2, -0.15) is 13.2 Å². The fourth-order valence-electron chi connectivity index (χ4n) is 1.57. The van der Waals surface area contributed by atoms with Crippen LogP contribution in [0.5, 0.6) is 0 Å². The second-order valence-electron chi connectivity index (χ2n) is 4.24. The molecule has 1 aromatic carbocycles. The highest BCUT2D eigenvalue weighted by atomic mass is 32.2. The van der Waals surface area contributed by atoms with Crippen LogP contribution in [0.4, 0.5) is 18.9 Å². The fraction of sp³-hybridized carbons (Fsp3) is 0.133. The summed E-state index contributed by atoms with van der Waals surface area (Å²) < 4.78 is 36.9. The van der Waals surface area contributed by atoms with Crippen LogP contribution in [-0.4, -0.2) is 17.8 Å². The molecule has 1 N–H and O–H groups in total. The molecule has 0 bridgehead atoms. The molecule has 1 amide bonds. The molecular weight excluding hydrogens is 331 g/mol. The smallest absolute Gasteiger partial charge is 0.321 e. The topological polar surface area (TPSA) is 29.1 Å². The maximum Gasteiger partial charge on any atom is 0.398 e. The lowest BCUT2D eigenvalue weighted by Crippen LogP contribution is -2.12. The molecule has 0 aliphatic carbocycles. The fourth-order valence-corrected chi connectivity index (χ4v) is 2.96. The summed E-state index contributed by atoms with van der Waals surface area (Å²) in [7, 11) is 0. The van der Waals surface area contributed by atoms with Gasteiger partial charge in [0.15, 0.2) is 0 Å². The van der Waals surface area contributed by atoms with Gasteiger partial charge in [-0.1, -0.05) is 18.2 Å². The molecule has 0 aliphatic rings. The second kappa shape index (κ2) is 7.51. The number of hydrogen-bond donors (Lipinski definition) is 1. The first-order valence-corrected chi connectivity index (χ1v) is 8.12. The van der Waals surface area contributed by atoms with Crippen molar-refractivity contribution in [2.24, 2.45) is 0 Å². The Bertz CT molecular complexity index is 651. The molecule has 0 aliphatic heterocycles. The van der Waals surface area contributed by atoms with Gasteiger partial charge in [0.1, 0.15) is 0 Å². The van der Waals surface area contributed by atoms with Gasteiger partial charge >= 0.3 is 6.18 Å². The quantitative estimate of drug-likeness (QED) is 0.608. The van der Waals surface area contributed by atoms with E-state index < -0.39 is 11.9 Å². The van der Waals surface area contributed by atoms with Crippen molar-refractivity contribution in [2.75, 3.05) is 11.1 Å². The number of carbonyl (C=O) groups excluding carboxylic acids is 1. The van der Waals surface area contributed by atoms with Crippen molar-refractivity contribution < 1.29 is 18.0 Å². The highest BCUT2D eigenvalue weighted by Gasteiger charge is 2.27. The van der Waals surface area contributed by atoms with Gasteiger partial charge in [-0.05, 0) is 29.7 Å². The van der Waals surface area contributed by atoms with E-state index in [4.69, 9.17) is 0 Å². The molecule has 2 aromatic rings. The highest BCUT2D eigenvalue weighted by molar-refractivity contribution is 7.99. The molecule has 0 spiro atoms. The van der Waals surface area contributed by atoms with Gasteiger partial charge in [0, 0.05) is 15.8 Å². The number of halogens is 3. The SMILES string of the molecule is O=C(C=Cc1cccs1)Nc1ccccc1SCC(F)(F)F. The zero-order valence-electron chi connectivity index (χ0n) is 11.3. The Kier molecular flexibility index (Phi) is 5.68. The lowest BCUT2D eigenvalue weighted by Gasteiger charge is -2.10. The molecule has 0 unspecified atom stereocenters. The van der Waals surface area contributed by atoms with Crippen LogP contribution in [0.3, 0.4) is 0 Å².